The summed E-state index contributed by atoms with van der Waals surface area (Å²) in [5.74, 6) is 0.916. The van der Waals surface area contributed by atoms with Crippen LogP contribution in [-0.2, 0) is 0 Å². The average molecular weight is 393 g/mol. The highest BCUT2D eigenvalue weighted by atomic mass is 16.5. The minimum atomic E-state index is 0.365. The number of benzene rings is 1. The Hall–Kier alpha value is -4.06. The number of ether oxygens (including phenoxy) is 1. The quantitative estimate of drug-likeness (QED) is 0.556. The Morgan fingerprint density at radius 2 is 1.77 bits per heavy atom. The Bertz CT molecular complexity index is 1310. The Morgan fingerprint density at radius 1 is 0.933 bits per heavy atom. The van der Waals surface area contributed by atoms with Gasteiger partial charge in [0, 0.05) is 53.3 Å². The molecule has 0 radical (unpaired) electrons. The van der Waals surface area contributed by atoms with Crippen molar-refractivity contribution in [3.8, 4) is 5.75 Å². The third kappa shape index (κ3) is 3.08. The SMILES string of the molecule is COc1cc(C2=C(c3ccncc3)N=C(c3cccc4cccnc34)C2)cnc1N. The number of hydrogen-bond donors (Lipinski definition) is 1. The molecule has 1 aliphatic rings. The molecule has 1 aliphatic heterocycles. The fourth-order valence-electron chi connectivity index (χ4n) is 3.76. The van der Waals surface area contributed by atoms with E-state index in [1.54, 1.807) is 25.7 Å². The average Bonchev–Trinajstić information content (AvgIpc) is 3.25. The minimum Gasteiger partial charge on any atom is -0.493 e. The van der Waals surface area contributed by atoms with Crippen LogP contribution in [0.4, 0.5) is 5.82 Å². The molecule has 0 unspecified atom stereocenters. The lowest BCUT2D eigenvalue weighted by Gasteiger charge is -2.10. The second-order valence-electron chi connectivity index (χ2n) is 6.99. The van der Waals surface area contributed by atoms with E-state index < -0.39 is 0 Å². The molecule has 0 atom stereocenters. The van der Waals surface area contributed by atoms with Gasteiger partial charge in [-0.1, -0.05) is 24.3 Å². The van der Waals surface area contributed by atoms with Gasteiger partial charge in [-0.2, -0.15) is 0 Å². The van der Waals surface area contributed by atoms with Crippen molar-refractivity contribution in [3.05, 3.63) is 90.0 Å². The molecule has 1 aromatic carbocycles. The van der Waals surface area contributed by atoms with Crippen LogP contribution < -0.4 is 10.5 Å². The lowest BCUT2D eigenvalue weighted by molar-refractivity contribution is 0.415. The number of pyridine rings is 3. The highest BCUT2D eigenvalue weighted by molar-refractivity contribution is 6.20. The van der Waals surface area contributed by atoms with E-state index in [0.717, 1.165) is 44.6 Å². The molecule has 4 heterocycles. The van der Waals surface area contributed by atoms with E-state index in [4.69, 9.17) is 15.5 Å². The van der Waals surface area contributed by atoms with Crippen molar-refractivity contribution in [1.82, 2.24) is 15.0 Å². The number of nitrogens with two attached hydrogens (primary N) is 1. The lowest BCUT2D eigenvalue weighted by atomic mass is 9.96. The van der Waals surface area contributed by atoms with Gasteiger partial charge in [0.2, 0.25) is 0 Å². The van der Waals surface area contributed by atoms with Gasteiger partial charge in [0.05, 0.1) is 24.0 Å². The largest absolute Gasteiger partial charge is 0.493 e. The Kier molecular flexibility index (Phi) is 4.44. The van der Waals surface area contributed by atoms with Crippen molar-refractivity contribution < 1.29 is 4.74 Å². The highest BCUT2D eigenvalue weighted by Crippen LogP contribution is 2.39. The molecular formula is C24H19N5O. The molecule has 146 valence electrons. The normalized spacial score (nSPS) is 13.6. The summed E-state index contributed by atoms with van der Waals surface area (Å²) >= 11 is 0. The first-order valence-electron chi connectivity index (χ1n) is 9.59. The summed E-state index contributed by atoms with van der Waals surface area (Å²) in [7, 11) is 1.59. The van der Waals surface area contributed by atoms with Gasteiger partial charge in [0.25, 0.3) is 0 Å². The van der Waals surface area contributed by atoms with Gasteiger partial charge in [0.1, 0.15) is 0 Å². The number of methoxy groups -OCH3 is 1. The van der Waals surface area contributed by atoms with Crippen molar-refractivity contribution in [2.24, 2.45) is 4.99 Å². The number of rotatable bonds is 4. The van der Waals surface area contributed by atoms with Gasteiger partial charge in [-0.15, -0.1) is 0 Å². The number of nitrogen functional groups attached to an aromatic ring is 1. The zero-order chi connectivity index (χ0) is 20.5. The van der Waals surface area contributed by atoms with Crippen LogP contribution in [0.1, 0.15) is 23.1 Å². The molecule has 0 saturated heterocycles. The standard InChI is InChI=1S/C24H19N5O/c1-30-21-12-17(14-28-24(21)25)19-13-20(29-23(19)16-7-10-26-11-8-16)18-6-2-4-15-5-3-9-27-22(15)18/h2-12,14H,13H2,1H3,(H2,25,28). The van der Waals surface area contributed by atoms with Gasteiger partial charge in [-0.3, -0.25) is 15.0 Å². The van der Waals surface area contributed by atoms with E-state index in [2.05, 4.69) is 33.2 Å². The van der Waals surface area contributed by atoms with Crippen LogP contribution in [0.15, 0.2) is 78.3 Å². The topological polar surface area (TPSA) is 86.3 Å². The molecular weight excluding hydrogens is 374 g/mol. The maximum Gasteiger partial charge on any atom is 0.166 e. The summed E-state index contributed by atoms with van der Waals surface area (Å²) in [6.45, 7) is 0. The van der Waals surface area contributed by atoms with Crippen LogP contribution in [-0.4, -0.2) is 27.8 Å². The predicted molar refractivity (Wildman–Crippen MR) is 119 cm³/mol. The molecule has 6 heteroatoms. The molecule has 3 aromatic heterocycles. The maximum atomic E-state index is 5.93. The van der Waals surface area contributed by atoms with Crippen molar-refractivity contribution >= 4 is 33.7 Å². The summed E-state index contributed by atoms with van der Waals surface area (Å²) in [5, 5.41) is 1.09. The zero-order valence-electron chi connectivity index (χ0n) is 16.4. The van der Waals surface area contributed by atoms with E-state index in [0.29, 0.717) is 18.0 Å². The van der Waals surface area contributed by atoms with E-state index in [1.165, 1.54) is 0 Å². The van der Waals surface area contributed by atoms with Crippen LogP contribution in [0.2, 0.25) is 0 Å². The number of anilines is 1. The smallest absolute Gasteiger partial charge is 0.166 e. The molecule has 6 nitrogen and oxygen atoms in total. The number of aliphatic imine (C=N–C) groups is 1. The van der Waals surface area contributed by atoms with Crippen LogP contribution >= 0.6 is 0 Å². The first-order valence-corrected chi connectivity index (χ1v) is 9.59. The van der Waals surface area contributed by atoms with Crippen LogP contribution in [0.25, 0.3) is 22.2 Å². The minimum absolute atomic E-state index is 0.365. The molecule has 0 fully saturated rings. The second kappa shape index (κ2) is 7.40. The van der Waals surface area contributed by atoms with Crippen molar-refractivity contribution in [2.75, 3.05) is 12.8 Å². The summed E-state index contributed by atoms with van der Waals surface area (Å²) in [5.41, 5.74) is 12.8. The lowest BCUT2D eigenvalue weighted by Crippen LogP contribution is -2.01. The van der Waals surface area contributed by atoms with E-state index >= 15 is 0 Å². The Labute approximate surface area is 173 Å². The molecule has 0 saturated carbocycles. The van der Waals surface area contributed by atoms with Crippen molar-refractivity contribution in [1.29, 1.82) is 0 Å². The van der Waals surface area contributed by atoms with E-state index in [9.17, 15) is 0 Å². The van der Waals surface area contributed by atoms with Gasteiger partial charge in [-0.25, -0.2) is 4.98 Å². The number of para-hydroxylation sites is 1. The van der Waals surface area contributed by atoms with Crippen molar-refractivity contribution in [3.63, 3.8) is 0 Å². The molecule has 2 N–H and O–H groups in total. The first kappa shape index (κ1) is 18.0. The number of fused-ring (bicyclic) bond motifs is 1. The van der Waals surface area contributed by atoms with Crippen molar-refractivity contribution in [2.45, 2.75) is 6.42 Å². The first-order chi connectivity index (χ1) is 14.7. The van der Waals surface area contributed by atoms with Gasteiger partial charge in [-0.05, 0) is 29.8 Å². The van der Waals surface area contributed by atoms with E-state index in [-0.39, 0.29) is 0 Å². The van der Waals surface area contributed by atoms with Gasteiger partial charge in [0.15, 0.2) is 11.6 Å². The highest BCUT2D eigenvalue weighted by Gasteiger charge is 2.24. The molecule has 5 rings (SSSR count). The second-order valence-corrected chi connectivity index (χ2v) is 6.99. The number of hydrogen-bond acceptors (Lipinski definition) is 6. The molecule has 0 bridgehead atoms. The van der Waals surface area contributed by atoms with Crippen LogP contribution in [0.5, 0.6) is 5.75 Å². The molecule has 0 aliphatic carbocycles. The van der Waals surface area contributed by atoms with E-state index in [1.807, 2.05) is 36.5 Å². The van der Waals surface area contributed by atoms with Gasteiger partial charge >= 0.3 is 0 Å². The Balaban J connectivity index is 1.67. The van der Waals surface area contributed by atoms with Gasteiger partial charge < -0.3 is 10.5 Å². The molecule has 4 aromatic rings. The monoisotopic (exact) mass is 393 g/mol. The van der Waals surface area contributed by atoms with Crippen LogP contribution in [0.3, 0.4) is 0 Å². The summed E-state index contributed by atoms with van der Waals surface area (Å²) in [4.78, 5) is 18.1. The third-order valence-electron chi connectivity index (χ3n) is 5.22. The number of allylic oxidation sites excluding steroid dienone is 1. The summed E-state index contributed by atoms with van der Waals surface area (Å²) < 4.78 is 5.39. The molecule has 0 amide bonds. The fraction of sp³-hybridized carbons (Fsp3) is 0.0833. The number of aromatic nitrogens is 3. The zero-order valence-corrected chi connectivity index (χ0v) is 16.4. The van der Waals surface area contributed by atoms with Crippen LogP contribution in [0, 0.1) is 0 Å². The summed E-state index contributed by atoms with van der Waals surface area (Å²) in [6, 6.07) is 16.0. The summed E-state index contributed by atoms with van der Waals surface area (Å²) in [6.07, 6.45) is 7.79. The third-order valence-corrected chi connectivity index (χ3v) is 5.22. The fourth-order valence-corrected chi connectivity index (χ4v) is 3.76. The molecule has 0 spiro atoms. The Morgan fingerprint density at radius 3 is 2.60 bits per heavy atom. The molecule has 30 heavy (non-hydrogen) atoms. The predicted octanol–water partition coefficient (Wildman–Crippen LogP) is 4.38. The number of nitrogens with zero attached hydrogens (tertiary/aromatic N) is 4. The maximum absolute atomic E-state index is 5.93.